The highest BCUT2D eigenvalue weighted by molar-refractivity contribution is 6.53. The van der Waals surface area contributed by atoms with Crippen LogP contribution in [0.3, 0.4) is 0 Å². The van der Waals surface area contributed by atoms with Gasteiger partial charge in [-0.25, -0.2) is 9.69 Å². The Kier molecular flexibility index (Phi) is 8.06. The van der Waals surface area contributed by atoms with E-state index in [1.54, 1.807) is 44.2 Å². The fourth-order valence-corrected chi connectivity index (χ4v) is 4.32. The Balaban J connectivity index is 1.48. The molecule has 3 amide bonds. The number of hydrogen-bond donors (Lipinski definition) is 2. The molecule has 1 heterocycles. The first kappa shape index (κ1) is 27.2. The Morgan fingerprint density at radius 2 is 1.47 bits per heavy atom. The van der Waals surface area contributed by atoms with E-state index in [4.69, 9.17) is 39.5 Å². The van der Waals surface area contributed by atoms with E-state index >= 15 is 0 Å². The van der Waals surface area contributed by atoms with Crippen LogP contribution in [0, 0.1) is 0 Å². The van der Waals surface area contributed by atoms with Gasteiger partial charge in [0.2, 0.25) is 0 Å². The van der Waals surface area contributed by atoms with Crippen LogP contribution in [0.4, 0.5) is 17.1 Å². The minimum Gasteiger partial charge on any atom is -0.459 e. The summed E-state index contributed by atoms with van der Waals surface area (Å²) in [4.78, 5) is 51.7. The molecule has 1 aliphatic rings. The Hall–Kier alpha value is -3.85. The third-order valence-corrected chi connectivity index (χ3v) is 6.03. The largest absolute Gasteiger partial charge is 0.459 e. The van der Waals surface area contributed by atoms with Crippen LogP contribution < -0.4 is 15.5 Å². The molecule has 0 radical (unpaired) electrons. The van der Waals surface area contributed by atoms with Gasteiger partial charge in [0, 0.05) is 27.0 Å². The van der Waals surface area contributed by atoms with Crippen LogP contribution >= 0.6 is 34.8 Å². The van der Waals surface area contributed by atoms with Gasteiger partial charge in [0.1, 0.15) is 10.7 Å². The number of hydrogen-bond acceptors (Lipinski definition) is 6. The van der Waals surface area contributed by atoms with Gasteiger partial charge in [0.05, 0.1) is 17.4 Å². The molecule has 0 unspecified atom stereocenters. The van der Waals surface area contributed by atoms with E-state index in [0.29, 0.717) is 27.0 Å². The molecule has 0 fully saturated rings. The van der Waals surface area contributed by atoms with Gasteiger partial charge < -0.3 is 15.4 Å². The second-order valence-electron chi connectivity index (χ2n) is 8.45. The molecule has 194 valence electrons. The molecule has 0 bridgehead atoms. The number of carbonyl (C=O) groups excluding carboxylic acids is 4. The van der Waals surface area contributed by atoms with Crippen molar-refractivity contribution >= 4 is 75.6 Å². The lowest BCUT2D eigenvalue weighted by Gasteiger charge is -2.16. The predicted octanol–water partition coefficient (Wildman–Crippen LogP) is 6.25. The third kappa shape index (κ3) is 5.99. The number of nitrogens with one attached hydrogen (secondary N) is 2. The van der Waals surface area contributed by atoms with Crippen LogP contribution in [-0.2, 0) is 14.3 Å². The number of imide groups is 1. The minimum atomic E-state index is -0.746. The number of halogens is 3. The van der Waals surface area contributed by atoms with Crippen LogP contribution in [0.25, 0.3) is 0 Å². The smallest absolute Gasteiger partial charge is 0.338 e. The van der Waals surface area contributed by atoms with E-state index in [9.17, 15) is 19.2 Å². The monoisotopic (exact) mass is 571 g/mol. The quantitative estimate of drug-likeness (QED) is 0.256. The summed E-state index contributed by atoms with van der Waals surface area (Å²) >= 11 is 18.2. The summed E-state index contributed by atoms with van der Waals surface area (Å²) in [5.74, 6) is -2.43. The average molecular weight is 573 g/mol. The Bertz CT molecular complexity index is 1470. The van der Waals surface area contributed by atoms with Crippen molar-refractivity contribution in [2.24, 2.45) is 0 Å². The van der Waals surface area contributed by atoms with Crippen LogP contribution in [0.2, 0.25) is 10.0 Å². The lowest BCUT2D eigenvalue weighted by molar-refractivity contribution is -0.120. The van der Waals surface area contributed by atoms with Gasteiger partial charge in [-0.2, -0.15) is 0 Å². The number of amides is 3. The van der Waals surface area contributed by atoms with E-state index in [1.165, 1.54) is 36.4 Å². The van der Waals surface area contributed by atoms with Crippen LogP contribution in [-0.4, -0.2) is 29.8 Å². The zero-order chi connectivity index (χ0) is 27.6. The van der Waals surface area contributed by atoms with Gasteiger partial charge in [-0.3, -0.25) is 14.4 Å². The van der Waals surface area contributed by atoms with Crippen molar-refractivity contribution in [1.29, 1.82) is 0 Å². The summed E-state index contributed by atoms with van der Waals surface area (Å²) in [5, 5.41) is 5.99. The third-order valence-electron chi connectivity index (χ3n) is 5.25. The number of benzene rings is 3. The van der Waals surface area contributed by atoms with Crippen LogP contribution in [0.15, 0.2) is 77.5 Å². The van der Waals surface area contributed by atoms with Gasteiger partial charge >= 0.3 is 5.97 Å². The maximum Gasteiger partial charge on any atom is 0.338 e. The summed E-state index contributed by atoms with van der Waals surface area (Å²) in [6.07, 6.45) is -0.332. The number of carbonyl (C=O) groups is 4. The number of nitrogens with zero attached hydrogens (tertiary/aromatic N) is 1. The van der Waals surface area contributed by atoms with E-state index in [0.717, 1.165) is 4.90 Å². The van der Waals surface area contributed by atoms with Crippen molar-refractivity contribution in [2.45, 2.75) is 20.0 Å². The molecule has 3 aromatic carbocycles. The topological polar surface area (TPSA) is 105 Å². The van der Waals surface area contributed by atoms with E-state index < -0.39 is 23.7 Å². The zero-order valence-corrected chi connectivity index (χ0v) is 22.3. The summed E-state index contributed by atoms with van der Waals surface area (Å²) in [7, 11) is 0. The van der Waals surface area contributed by atoms with E-state index in [2.05, 4.69) is 10.6 Å². The summed E-state index contributed by atoms with van der Waals surface area (Å²) in [6.45, 7) is 3.43. The summed E-state index contributed by atoms with van der Waals surface area (Å²) in [5.41, 5.74) is 1.38. The maximum atomic E-state index is 13.1. The Morgan fingerprint density at radius 1 is 0.816 bits per heavy atom. The molecule has 4 rings (SSSR count). The van der Waals surface area contributed by atoms with Gasteiger partial charge in [-0.05, 0) is 74.5 Å². The van der Waals surface area contributed by atoms with Gasteiger partial charge in [0.15, 0.2) is 0 Å². The molecular formula is C27H20Cl3N3O5. The normalized spacial score (nSPS) is 13.3. The van der Waals surface area contributed by atoms with E-state index in [-0.39, 0.29) is 28.1 Å². The van der Waals surface area contributed by atoms with Crippen molar-refractivity contribution in [3.8, 4) is 0 Å². The molecule has 0 saturated heterocycles. The first-order valence-electron chi connectivity index (χ1n) is 11.3. The van der Waals surface area contributed by atoms with Gasteiger partial charge in [-0.15, -0.1) is 0 Å². The number of anilines is 3. The molecule has 0 aliphatic carbocycles. The number of ether oxygens (including phenoxy) is 1. The standard InChI is InChI=1S/C27H20Cl3N3O5/c1-14(2)38-27(37)16-4-3-5-21(10-16)33-25(35)22(30)23(26(33)36)31-19-8-6-15(7-9-19)24(34)32-20-12-17(28)11-18(29)13-20/h3-14,31H,1-2H3,(H,32,34). The summed E-state index contributed by atoms with van der Waals surface area (Å²) < 4.78 is 5.18. The van der Waals surface area contributed by atoms with Gasteiger partial charge in [-0.1, -0.05) is 40.9 Å². The van der Waals surface area contributed by atoms with Crippen molar-refractivity contribution in [3.05, 3.63) is 98.6 Å². The van der Waals surface area contributed by atoms with Crippen molar-refractivity contribution < 1.29 is 23.9 Å². The number of rotatable bonds is 7. The van der Waals surface area contributed by atoms with Crippen molar-refractivity contribution in [1.82, 2.24) is 0 Å². The molecule has 0 atom stereocenters. The van der Waals surface area contributed by atoms with Crippen molar-refractivity contribution in [2.75, 3.05) is 15.5 Å². The minimum absolute atomic E-state index is 0.141. The molecule has 0 saturated carbocycles. The molecule has 38 heavy (non-hydrogen) atoms. The maximum absolute atomic E-state index is 13.1. The van der Waals surface area contributed by atoms with Gasteiger partial charge in [0.25, 0.3) is 17.7 Å². The Morgan fingerprint density at radius 3 is 2.11 bits per heavy atom. The second-order valence-corrected chi connectivity index (χ2v) is 9.70. The predicted molar refractivity (Wildman–Crippen MR) is 147 cm³/mol. The molecule has 1 aliphatic heterocycles. The lowest BCUT2D eigenvalue weighted by Crippen LogP contribution is -2.32. The highest BCUT2D eigenvalue weighted by Crippen LogP contribution is 2.31. The lowest BCUT2D eigenvalue weighted by atomic mass is 10.1. The first-order chi connectivity index (χ1) is 18.0. The molecule has 3 aromatic rings. The van der Waals surface area contributed by atoms with Crippen LogP contribution in [0.1, 0.15) is 34.6 Å². The highest BCUT2D eigenvalue weighted by Gasteiger charge is 2.39. The first-order valence-corrected chi connectivity index (χ1v) is 12.4. The summed E-state index contributed by atoms with van der Waals surface area (Å²) in [6, 6.07) is 16.8. The Labute approximate surface area is 233 Å². The molecule has 11 heteroatoms. The fraction of sp³-hybridized carbons (Fsp3) is 0.111. The van der Waals surface area contributed by atoms with E-state index in [1.807, 2.05) is 0 Å². The molecule has 0 aromatic heterocycles. The fourth-order valence-electron chi connectivity index (χ4n) is 3.58. The number of esters is 1. The van der Waals surface area contributed by atoms with Crippen molar-refractivity contribution in [3.63, 3.8) is 0 Å². The molecule has 2 N–H and O–H groups in total. The van der Waals surface area contributed by atoms with Crippen LogP contribution in [0.5, 0.6) is 0 Å². The highest BCUT2D eigenvalue weighted by atomic mass is 35.5. The second kappa shape index (κ2) is 11.3. The molecule has 8 nitrogen and oxygen atoms in total. The average Bonchev–Trinajstić information content (AvgIpc) is 3.06. The zero-order valence-electron chi connectivity index (χ0n) is 20.1. The SMILES string of the molecule is CC(C)OC(=O)c1cccc(N2C(=O)C(Cl)=C(Nc3ccc(C(=O)Nc4cc(Cl)cc(Cl)c4)cc3)C2=O)c1. The molecular weight excluding hydrogens is 553 g/mol. The molecule has 0 spiro atoms.